The van der Waals surface area contributed by atoms with E-state index in [-0.39, 0.29) is 18.9 Å². The minimum absolute atomic E-state index is 0.0543. The van der Waals surface area contributed by atoms with Gasteiger partial charge in [0.25, 0.3) is 0 Å². The van der Waals surface area contributed by atoms with Gasteiger partial charge in [0.2, 0.25) is 5.91 Å². The predicted octanol–water partition coefficient (Wildman–Crippen LogP) is 2.58. The smallest absolute Gasteiger partial charge is 0.224 e. The molecule has 2 aromatic rings. The Labute approximate surface area is 149 Å². The number of aromatic nitrogens is 1. The van der Waals surface area contributed by atoms with Crippen LogP contribution >= 0.6 is 0 Å². The fraction of sp³-hybridized carbons (Fsp3) is 0.550. The molecule has 0 atom stereocenters. The summed E-state index contributed by atoms with van der Waals surface area (Å²) in [6.45, 7) is 6.49. The number of benzene rings is 1. The van der Waals surface area contributed by atoms with E-state index in [9.17, 15) is 4.79 Å². The Kier molecular flexibility index (Phi) is 6.10. The summed E-state index contributed by atoms with van der Waals surface area (Å²) in [6.07, 6.45) is 4.74. The third-order valence-electron chi connectivity index (χ3n) is 5.39. The van der Waals surface area contributed by atoms with Crippen LogP contribution in [0.4, 0.5) is 0 Å². The van der Waals surface area contributed by atoms with Crippen LogP contribution in [0.1, 0.15) is 37.7 Å². The molecule has 1 aromatic heterocycles. The van der Waals surface area contributed by atoms with Crippen molar-refractivity contribution in [3.05, 3.63) is 36.0 Å². The summed E-state index contributed by atoms with van der Waals surface area (Å²) in [4.78, 5) is 19.6. The number of hydrogen-bond donors (Lipinski definition) is 2. The molecule has 5 nitrogen and oxygen atoms in total. The fourth-order valence-corrected chi connectivity index (χ4v) is 3.87. The highest BCUT2D eigenvalue weighted by Gasteiger charge is 2.23. The molecule has 0 aliphatic carbocycles. The molecule has 1 fully saturated rings. The second kappa shape index (κ2) is 8.50. The maximum atomic E-state index is 11.9. The molecule has 5 heteroatoms. The lowest BCUT2D eigenvalue weighted by atomic mass is 9.89. The number of para-hydroxylation sites is 1. The summed E-state index contributed by atoms with van der Waals surface area (Å²) in [5.41, 5.74) is 2.67. The van der Waals surface area contributed by atoms with Crippen molar-refractivity contribution >= 4 is 16.8 Å². The Morgan fingerprint density at radius 2 is 2.08 bits per heavy atom. The maximum absolute atomic E-state index is 11.9. The number of amides is 1. The van der Waals surface area contributed by atoms with Crippen LogP contribution in [0.25, 0.3) is 10.9 Å². The zero-order chi connectivity index (χ0) is 17.6. The van der Waals surface area contributed by atoms with Gasteiger partial charge in [-0.2, -0.15) is 0 Å². The number of likely N-dealkylation sites (tertiary alicyclic amines) is 1. The Morgan fingerprint density at radius 3 is 2.80 bits per heavy atom. The van der Waals surface area contributed by atoms with E-state index >= 15 is 0 Å². The molecule has 1 amide bonds. The zero-order valence-electron chi connectivity index (χ0n) is 15.1. The minimum atomic E-state index is -0.0641. The Morgan fingerprint density at radius 1 is 1.32 bits per heavy atom. The van der Waals surface area contributed by atoms with Crippen LogP contribution < -0.4 is 0 Å². The molecule has 0 saturated carbocycles. The monoisotopic (exact) mass is 343 g/mol. The van der Waals surface area contributed by atoms with Crippen molar-refractivity contribution in [1.29, 1.82) is 0 Å². The van der Waals surface area contributed by atoms with Crippen LogP contribution in [0.2, 0.25) is 0 Å². The quantitative estimate of drug-likeness (QED) is 0.812. The maximum Gasteiger partial charge on any atom is 0.224 e. The van der Waals surface area contributed by atoms with Crippen molar-refractivity contribution in [3.8, 4) is 0 Å². The number of carbonyl (C=O) groups excluding carboxylic acids is 1. The van der Waals surface area contributed by atoms with Gasteiger partial charge in [0.15, 0.2) is 0 Å². The van der Waals surface area contributed by atoms with E-state index < -0.39 is 0 Å². The van der Waals surface area contributed by atoms with Gasteiger partial charge < -0.3 is 19.9 Å². The third-order valence-corrected chi connectivity index (χ3v) is 5.39. The molecular formula is C20H29N3O2. The highest BCUT2D eigenvalue weighted by Crippen LogP contribution is 2.32. The number of nitrogens with zero attached hydrogens (tertiary/aromatic N) is 2. The van der Waals surface area contributed by atoms with Crippen molar-refractivity contribution in [2.45, 2.75) is 32.1 Å². The summed E-state index contributed by atoms with van der Waals surface area (Å²) in [7, 11) is 0. The Balaban J connectivity index is 1.51. The van der Waals surface area contributed by atoms with E-state index in [1.165, 1.54) is 29.3 Å². The summed E-state index contributed by atoms with van der Waals surface area (Å²) < 4.78 is 0. The minimum Gasteiger partial charge on any atom is -0.396 e. The molecule has 25 heavy (non-hydrogen) atoms. The van der Waals surface area contributed by atoms with Gasteiger partial charge in [-0.1, -0.05) is 18.2 Å². The first kappa shape index (κ1) is 18.0. The molecular weight excluding hydrogens is 314 g/mol. The van der Waals surface area contributed by atoms with Gasteiger partial charge in [-0.25, -0.2) is 0 Å². The van der Waals surface area contributed by atoms with Crippen LogP contribution in [0.5, 0.6) is 0 Å². The topological polar surface area (TPSA) is 59.6 Å². The first-order valence-electron chi connectivity index (χ1n) is 9.40. The van der Waals surface area contributed by atoms with Crippen molar-refractivity contribution < 1.29 is 9.90 Å². The number of aliphatic hydroxyl groups is 1. The molecule has 1 aliphatic rings. The van der Waals surface area contributed by atoms with Crippen LogP contribution in [0, 0.1) is 0 Å². The molecule has 1 aliphatic heterocycles. The van der Waals surface area contributed by atoms with E-state index in [1.54, 1.807) is 0 Å². The lowest BCUT2D eigenvalue weighted by Gasteiger charge is -2.33. The summed E-state index contributed by atoms with van der Waals surface area (Å²) in [5.74, 6) is 0.671. The van der Waals surface area contributed by atoms with Gasteiger partial charge in [0.05, 0.1) is 6.61 Å². The average Bonchev–Trinajstić information content (AvgIpc) is 3.07. The Bertz CT molecular complexity index is 689. The second-order valence-electron chi connectivity index (χ2n) is 6.85. The van der Waals surface area contributed by atoms with Crippen molar-refractivity contribution in [2.24, 2.45) is 0 Å². The normalized spacial score (nSPS) is 16.4. The fourth-order valence-electron chi connectivity index (χ4n) is 3.87. The van der Waals surface area contributed by atoms with Gasteiger partial charge in [-0.05, 0) is 50.4 Å². The molecule has 136 valence electrons. The summed E-state index contributed by atoms with van der Waals surface area (Å²) >= 11 is 0. The first-order chi connectivity index (χ1) is 12.2. The molecule has 0 bridgehead atoms. The molecule has 2 N–H and O–H groups in total. The summed E-state index contributed by atoms with van der Waals surface area (Å²) in [5, 5.41) is 10.3. The van der Waals surface area contributed by atoms with Crippen LogP contribution in [0.15, 0.2) is 30.5 Å². The summed E-state index contributed by atoms with van der Waals surface area (Å²) in [6, 6.07) is 8.52. The highest BCUT2D eigenvalue weighted by atomic mass is 16.3. The molecule has 3 rings (SSSR count). The van der Waals surface area contributed by atoms with E-state index in [1.807, 2.05) is 11.8 Å². The van der Waals surface area contributed by atoms with Gasteiger partial charge in [0.1, 0.15) is 0 Å². The van der Waals surface area contributed by atoms with Gasteiger partial charge >= 0.3 is 0 Å². The molecule has 1 saturated heterocycles. The average molecular weight is 343 g/mol. The first-order valence-corrected chi connectivity index (χ1v) is 9.40. The second-order valence-corrected chi connectivity index (χ2v) is 6.85. The molecule has 0 spiro atoms. The van der Waals surface area contributed by atoms with Crippen molar-refractivity contribution in [3.63, 3.8) is 0 Å². The number of piperidine rings is 1. The van der Waals surface area contributed by atoms with Crippen LogP contribution in [0.3, 0.4) is 0 Å². The van der Waals surface area contributed by atoms with Gasteiger partial charge in [-0.3, -0.25) is 4.79 Å². The highest BCUT2D eigenvalue weighted by molar-refractivity contribution is 5.83. The molecule has 0 radical (unpaired) electrons. The number of likely N-dealkylation sites (N-methyl/N-ethyl adjacent to an activating group) is 1. The number of rotatable bonds is 7. The number of carbonyl (C=O) groups is 1. The van der Waals surface area contributed by atoms with E-state index in [4.69, 9.17) is 5.11 Å². The number of hydrogen-bond acceptors (Lipinski definition) is 3. The predicted molar refractivity (Wildman–Crippen MR) is 101 cm³/mol. The zero-order valence-corrected chi connectivity index (χ0v) is 15.1. The molecule has 0 unspecified atom stereocenters. The van der Waals surface area contributed by atoms with Gasteiger partial charge in [-0.15, -0.1) is 0 Å². The number of fused-ring (bicyclic) bond motifs is 1. The SMILES string of the molecule is CCN(CCN1CCC(c2c[nH]c3ccccc23)CC1)C(=O)CCO. The molecule has 2 heterocycles. The standard InChI is InChI=1S/C20H29N3O2/c1-2-23(20(25)9-14-24)13-12-22-10-7-16(8-11-22)18-15-21-19-6-4-3-5-17(18)19/h3-6,15-16,21,24H,2,7-14H2,1H3. The lowest BCUT2D eigenvalue weighted by molar-refractivity contribution is -0.131. The van der Waals surface area contributed by atoms with Gasteiger partial charge in [0, 0.05) is 43.2 Å². The van der Waals surface area contributed by atoms with E-state index in [2.05, 4.69) is 40.3 Å². The number of H-pyrrole nitrogens is 1. The number of aliphatic hydroxyl groups excluding tert-OH is 1. The van der Waals surface area contributed by atoms with Crippen molar-refractivity contribution in [2.75, 3.05) is 39.3 Å². The molecule has 1 aromatic carbocycles. The number of nitrogens with one attached hydrogen (secondary N) is 1. The van der Waals surface area contributed by atoms with E-state index in [0.717, 1.165) is 26.2 Å². The largest absolute Gasteiger partial charge is 0.396 e. The van der Waals surface area contributed by atoms with E-state index in [0.29, 0.717) is 12.5 Å². The van der Waals surface area contributed by atoms with Crippen molar-refractivity contribution in [1.82, 2.24) is 14.8 Å². The van der Waals surface area contributed by atoms with Crippen LogP contribution in [-0.2, 0) is 4.79 Å². The number of aromatic amines is 1. The lowest BCUT2D eigenvalue weighted by Crippen LogP contribution is -2.41. The Hall–Kier alpha value is -1.85. The van der Waals surface area contributed by atoms with Crippen LogP contribution in [-0.4, -0.2) is 65.1 Å². The third kappa shape index (κ3) is 4.22.